The number of nitro groups is 1. The lowest BCUT2D eigenvalue weighted by molar-refractivity contribution is -0.384. The molecule has 0 unspecified atom stereocenters. The molecule has 1 N–H and O–H groups in total. The number of nitro benzene ring substituents is 1. The van der Waals surface area contributed by atoms with E-state index in [4.69, 9.17) is 0 Å². The number of non-ortho nitro benzene ring substituents is 1. The Morgan fingerprint density at radius 3 is 2.54 bits per heavy atom. The minimum absolute atomic E-state index is 0.0320. The fourth-order valence-electron chi connectivity index (χ4n) is 2.21. The van der Waals surface area contributed by atoms with Crippen molar-refractivity contribution < 1.29 is 18.8 Å². The second-order valence-corrected chi connectivity index (χ2v) is 5.86. The van der Waals surface area contributed by atoms with Gasteiger partial charge in [-0.3, -0.25) is 10.1 Å². The van der Waals surface area contributed by atoms with E-state index in [1.807, 2.05) is 0 Å². The van der Waals surface area contributed by atoms with Gasteiger partial charge in [0, 0.05) is 23.3 Å². The molecule has 3 rings (SSSR count). The Hall–Kier alpha value is -2.87. The minimum Gasteiger partial charge on any atom is -0.507 e. The summed E-state index contributed by atoms with van der Waals surface area (Å²) < 4.78 is 26.4. The maximum Gasteiger partial charge on any atom is 0.270 e. The Balaban J connectivity index is 2.21. The van der Waals surface area contributed by atoms with Crippen molar-refractivity contribution in [2.24, 2.45) is 0 Å². The smallest absolute Gasteiger partial charge is 0.270 e. The van der Waals surface area contributed by atoms with Gasteiger partial charge in [-0.2, -0.15) is 0 Å². The van der Waals surface area contributed by atoms with Gasteiger partial charge in [-0.25, -0.2) is 13.8 Å². The highest BCUT2D eigenvalue weighted by molar-refractivity contribution is 7.13. The number of hydrogen-bond donors (Lipinski definition) is 1. The van der Waals surface area contributed by atoms with Crippen molar-refractivity contribution in [1.29, 1.82) is 0 Å². The second-order valence-electron chi connectivity index (χ2n) is 4.91. The summed E-state index contributed by atoms with van der Waals surface area (Å²) in [6.45, 7) is 0. The number of phenols is 1. The first-order valence-corrected chi connectivity index (χ1v) is 7.65. The number of aromatic nitrogens is 1. The van der Waals surface area contributed by atoms with Gasteiger partial charge in [0.1, 0.15) is 5.75 Å². The van der Waals surface area contributed by atoms with Crippen LogP contribution in [0, 0.1) is 10.1 Å². The third-order valence-electron chi connectivity index (χ3n) is 3.34. The first-order chi connectivity index (χ1) is 11.5. The van der Waals surface area contributed by atoms with Crippen LogP contribution >= 0.6 is 11.3 Å². The van der Waals surface area contributed by atoms with Crippen LogP contribution in [0.1, 0.15) is 12.0 Å². The Labute approximate surface area is 139 Å². The summed E-state index contributed by atoms with van der Waals surface area (Å²) >= 11 is 1.33. The predicted octanol–water partition coefficient (Wildman–Crippen LogP) is 5.03. The fraction of sp³-hybridized carbons (Fsp3) is 0.0625. The summed E-state index contributed by atoms with van der Waals surface area (Å²) in [5, 5.41) is 22.7. The molecular weight excluding hydrogens is 338 g/mol. The number of rotatable bonds is 4. The van der Waals surface area contributed by atoms with Gasteiger partial charge in [-0.05, 0) is 29.6 Å². The molecule has 2 aromatic heterocycles. The fourth-order valence-corrected chi connectivity index (χ4v) is 2.90. The molecule has 0 saturated heterocycles. The van der Waals surface area contributed by atoms with Gasteiger partial charge in [0.2, 0.25) is 0 Å². The molecule has 122 valence electrons. The number of pyridine rings is 1. The van der Waals surface area contributed by atoms with Crippen molar-refractivity contribution in [2.45, 2.75) is 6.43 Å². The highest BCUT2D eigenvalue weighted by Gasteiger charge is 2.18. The van der Waals surface area contributed by atoms with Crippen LogP contribution in [-0.2, 0) is 0 Å². The molecule has 0 aliphatic rings. The van der Waals surface area contributed by atoms with Crippen LogP contribution in [0.2, 0.25) is 0 Å². The lowest BCUT2D eigenvalue weighted by atomic mass is 10.1. The highest BCUT2D eigenvalue weighted by atomic mass is 32.1. The lowest BCUT2D eigenvalue weighted by Crippen LogP contribution is -1.94. The first kappa shape index (κ1) is 16.0. The molecule has 0 atom stereocenters. The molecule has 0 aliphatic heterocycles. The standard InChI is InChI=1S/C16H10F2N2O3S/c17-16(18)9-6-12(19-13(7-9)15-2-1-5-24-15)11-8-10(20(22)23)3-4-14(11)21/h1-8,16,21H. The molecule has 8 heteroatoms. The van der Waals surface area contributed by atoms with Gasteiger partial charge in [0.25, 0.3) is 12.1 Å². The van der Waals surface area contributed by atoms with Crippen LogP contribution in [0.3, 0.4) is 0 Å². The van der Waals surface area contributed by atoms with Crippen molar-refractivity contribution in [2.75, 3.05) is 0 Å². The Morgan fingerprint density at radius 1 is 1.17 bits per heavy atom. The van der Waals surface area contributed by atoms with Gasteiger partial charge in [0.05, 0.1) is 21.2 Å². The van der Waals surface area contributed by atoms with Crippen LogP contribution in [0.25, 0.3) is 21.8 Å². The molecule has 1 aromatic carbocycles. The number of hydrogen-bond acceptors (Lipinski definition) is 5. The minimum atomic E-state index is -2.73. The molecule has 0 fully saturated rings. The van der Waals surface area contributed by atoms with E-state index in [1.165, 1.54) is 17.4 Å². The van der Waals surface area contributed by atoms with Crippen LogP contribution in [-0.4, -0.2) is 15.0 Å². The Morgan fingerprint density at radius 2 is 1.92 bits per heavy atom. The quantitative estimate of drug-likeness (QED) is 0.530. The van der Waals surface area contributed by atoms with E-state index in [0.29, 0.717) is 10.6 Å². The van der Waals surface area contributed by atoms with Crippen molar-refractivity contribution in [3.05, 3.63) is 63.5 Å². The molecule has 0 bridgehead atoms. The van der Waals surface area contributed by atoms with Gasteiger partial charge >= 0.3 is 0 Å². The number of benzene rings is 1. The molecule has 24 heavy (non-hydrogen) atoms. The van der Waals surface area contributed by atoms with E-state index in [2.05, 4.69) is 4.98 Å². The van der Waals surface area contributed by atoms with Crippen molar-refractivity contribution in [1.82, 2.24) is 4.98 Å². The summed E-state index contributed by atoms with van der Waals surface area (Å²) in [5.41, 5.74) is -0.121. The molecule has 0 aliphatic carbocycles. The van der Waals surface area contributed by atoms with Gasteiger partial charge < -0.3 is 5.11 Å². The van der Waals surface area contributed by atoms with Crippen LogP contribution in [0.5, 0.6) is 5.75 Å². The summed E-state index contributed by atoms with van der Waals surface area (Å²) in [5.74, 6) is -0.267. The topological polar surface area (TPSA) is 76.3 Å². The first-order valence-electron chi connectivity index (χ1n) is 6.77. The number of thiophene rings is 1. The van der Waals surface area contributed by atoms with E-state index in [-0.39, 0.29) is 28.3 Å². The summed E-state index contributed by atoms with van der Waals surface area (Å²) in [7, 11) is 0. The molecule has 0 radical (unpaired) electrons. The van der Waals surface area contributed by atoms with E-state index in [1.54, 1.807) is 17.5 Å². The zero-order valence-electron chi connectivity index (χ0n) is 12.0. The average molecular weight is 348 g/mol. The number of nitrogens with zero attached hydrogens (tertiary/aromatic N) is 2. The number of alkyl halides is 2. The molecule has 0 saturated carbocycles. The van der Waals surface area contributed by atoms with Gasteiger partial charge in [-0.15, -0.1) is 11.3 Å². The Bertz CT molecular complexity index is 898. The van der Waals surface area contributed by atoms with Crippen LogP contribution in [0.4, 0.5) is 14.5 Å². The summed E-state index contributed by atoms with van der Waals surface area (Å²) in [6.07, 6.45) is -2.73. The normalized spacial score (nSPS) is 11.0. The largest absolute Gasteiger partial charge is 0.507 e. The predicted molar refractivity (Wildman–Crippen MR) is 86.3 cm³/mol. The van der Waals surface area contributed by atoms with E-state index < -0.39 is 11.3 Å². The van der Waals surface area contributed by atoms with E-state index >= 15 is 0 Å². The molecule has 0 amide bonds. The lowest BCUT2D eigenvalue weighted by Gasteiger charge is -2.09. The van der Waals surface area contributed by atoms with Crippen molar-refractivity contribution in [3.8, 4) is 27.6 Å². The molecule has 5 nitrogen and oxygen atoms in total. The maximum absolute atomic E-state index is 13.2. The zero-order valence-corrected chi connectivity index (χ0v) is 12.8. The number of halogens is 2. The van der Waals surface area contributed by atoms with E-state index in [9.17, 15) is 24.0 Å². The summed E-state index contributed by atoms with van der Waals surface area (Å²) in [6, 6.07) is 9.30. The van der Waals surface area contributed by atoms with Crippen molar-refractivity contribution >= 4 is 17.0 Å². The van der Waals surface area contributed by atoms with Crippen LogP contribution in [0.15, 0.2) is 47.8 Å². The van der Waals surface area contributed by atoms with Crippen molar-refractivity contribution in [3.63, 3.8) is 0 Å². The number of phenolic OH excluding ortho intramolecular Hbond substituents is 1. The molecule has 0 spiro atoms. The molecule has 3 aromatic rings. The Kier molecular flexibility index (Phi) is 4.22. The highest BCUT2D eigenvalue weighted by Crippen LogP contribution is 2.36. The van der Waals surface area contributed by atoms with E-state index in [0.717, 1.165) is 24.3 Å². The maximum atomic E-state index is 13.2. The molecular formula is C16H10F2N2O3S. The SMILES string of the molecule is O=[N+]([O-])c1ccc(O)c(-c2cc(C(F)F)cc(-c3cccs3)n2)c1. The zero-order chi connectivity index (χ0) is 17.3. The summed E-state index contributed by atoms with van der Waals surface area (Å²) in [4.78, 5) is 15.3. The number of aromatic hydroxyl groups is 1. The second kappa shape index (κ2) is 6.32. The monoisotopic (exact) mass is 348 g/mol. The third-order valence-corrected chi connectivity index (χ3v) is 4.23. The van der Waals surface area contributed by atoms with Crippen LogP contribution < -0.4 is 0 Å². The van der Waals surface area contributed by atoms with Gasteiger partial charge in [-0.1, -0.05) is 6.07 Å². The average Bonchev–Trinajstić information content (AvgIpc) is 3.09. The third kappa shape index (κ3) is 3.09. The molecule has 2 heterocycles. The van der Waals surface area contributed by atoms with Gasteiger partial charge in [0.15, 0.2) is 0 Å².